The lowest BCUT2D eigenvalue weighted by Gasteiger charge is -2.24. The molecule has 0 aliphatic rings. The topological polar surface area (TPSA) is 85.7 Å². The third-order valence-corrected chi connectivity index (χ3v) is 5.05. The molecule has 1 N–H and O–H groups in total. The van der Waals surface area contributed by atoms with Gasteiger partial charge in [-0.1, -0.05) is 28.4 Å². The van der Waals surface area contributed by atoms with E-state index < -0.39 is 23.2 Å². The van der Waals surface area contributed by atoms with Crippen molar-refractivity contribution in [2.24, 2.45) is 0 Å². The molecule has 7 nitrogen and oxygen atoms in total. The van der Waals surface area contributed by atoms with Crippen LogP contribution in [0.2, 0.25) is 10.0 Å². The number of aromatic nitrogens is 4. The highest BCUT2D eigenvalue weighted by atomic mass is 35.5. The van der Waals surface area contributed by atoms with E-state index in [9.17, 15) is 22.7 Å². The Morgan fingerprint density at radius 3 is 2.45 bits per heavy atom. The summed E-state index contributed by atoms with van der Waals surface area (Å²) in [6, 6.07) is 3.18. The minimum absolute atomic E-state index is 0.0436. The largest absolute Gasteiger partial charge is 0.481 e. The zero-order chi connectivity index (χ0) is 24.1. The maximum absolute atomic E-state index is 14.6. The van der Waals surface area contributed by atoms with E-state index in [4.69, 9.17) is 32.5 Å². The molecule has 13 heteroatoms. The molecule has 3 heterocycles. The van der Waals surface area contributed by atoms with Crippen molar-refractivity contribution in [3.8, 4) is 28.7 Å². The van der Waals surface area contributed by atoms with Crippen molar-refractivity contribution < 1.29 is 31.9 Å². The molecule has 33 heavy (non-hydrogen) atoms. The van der Waals surface area contributed by atoms with Crippen molar-refractivity contribution in [3.63, 3.8) is 0 Å². The van der Waals surface area contributed by atoms with Gasteiger partial charge in [0, 0.05) is 18.0 Å². The lowest BCUT2D eigenvalue weighted by molar-refractivity contribution is -0.137. The Morgan fingerprint density at radius 1 is 1.09 bits per heavy atom. The van der Waals surface area contributed by atoms with Crippen LogP contribution >= 0.6 is 23.2 Å². The highest BCUT2D eigenvalue weighted by Gasteiger charge is 2.32. The highest BCUT2D eigenvalue weighted by Crippen LogP contribution is 2.36. The molecule has 4 aromatic rings. The van der Waals surface area contributed by atoms with E-state index in [1.54, 1.807) is 13.8 Å². The standard InChI is InChI=1S/C20H14Cl2F4N4O3/c1-19(2,8-31)32-15-11(21)3-9(4-13(15)23)16-28-18(33-29-16)14-7-30-6-10(20(24,25)26)5-12(22)17(30)27-14/h3-7,31H,8H2,1-2H3. The van der Waals surface area contributed by atoms with Crippen LogP contribution in [0.5, 0.6) is 5.75 Å². The highest BCUT2D eigenvalue weighted by molar-refractivity contribution is 6.33. The molecule has 4 rings (SSSR count). The van der Waals surface area contributed by atoms with Crippen LogP contribution in [0, 0.1) is 5.82 Å². The molecule has 1 aromatic carbocycles. The smallest absolute Gasteiger partial charge is 0.417 e. The first-order valence-electron chi connectivity index (χ1n) is 9.27. The molecule has 174 valence electrons. The lowest BCUT2D eigenvalue weighted by atomic mass is 10.1. The summed E-state index contributed by atoms with van der Waals surface area (Å²) in [7, 11) is 0. The number of fused-ring (bicyclic) bond motifs is 1. The van der Waals surface area contributed by atoms with Crippen molar-refractivity contribution in [2.45, 2.75) is 25.6 Å². The van der Waals surface area contributed by atoms with Gasteiger partial charge in [0.1, 0.15) is 11.3 Å². The van der Waals surface area contributed by atoms with Gasteiger partial charge in [0.25, 0.3) is 5.89 Å². The van der Waals surface area contributed by atoms with Gasteiger partial charge in [-0.2, -0.15) is 18.2 Å². The first kappa shape index (κ1) is 23.3. The Hall–Kier alpha value is -2.89. The maximum Gasteiger partial charge on any atom is 0.417 e. The normalized spacial score (nSPS) is 12.5. The molecule has 0 amide bonds. The number of ether oxygens (including phenoxy) is 1. The number of pyridine rings is 1. The van der Waals surface area contributed by atoms with Crippen LogP contribution in [0.3, 0.4) is 0 Å². The zero-order valence-electron chi connectivity index (χ0n) is 16.9. The van der Waals surface area contributed by atoms with Gasteiger partial charge < -0.3 is 18.8 Å². The number of halogens is 6. The van der Waals surface area contributed by atoms with Crippen molar-refractivity contribution in [3.05, 3.63) is 52.0 Å². The molecule has 0 bridgehead atoms. The Balaban J connectivity index is 1.68. The van der Waals surface area contributed by atoms with Crippen LogP contribution in [0.4, 0.5) is 17.6 Å². The summed E-state index contributed by atoms with van der Waals surface area (Å²) in [4.78, 5) is 8.26. The van der Waals surface area contributed by atoms with Gasteiger partial charge in [-0.3, -0.25) is 0 Å². The van der Waals surface area contributed by atoms with E-state index >= 15 is 0 Å². The number of hydrogen-bond donors (Lipinski definition) is 1. The molecule has 0 atom stereocenters. The summed E-state index contributed by atoms with van der Waals surface area (Å²) in [6.45, 7) is 2.74. The fourth-order valence-electron chi connectivity index (χ4n) is 2.85. The van der Waals surface area contributed by atoms with Crippen molar-refractivity contribution >= 4 is 28.8 Å². The van der Waals surface area contributed by atoms with Crippen LogP contribution < -0.4 is 4.74 Å². The molecule has 0 saturated heterocycles. The predicted molar refractivity (Wildman–Crippen MR) is 111 cm³/mol. The second-order valence-corrected chi connectivity index (χ2v) is 8.46. The van der Waals surface area contributed by atoms with Gasteiger partial charge in [-0.25, -0.2) is 9.37 Å². The second kappa shape index (κ2) is 8.15. The van der Waals surface area contributed by atoms with Crippen LogP contribution in [0.25, 0.3) is 28.6 Å². The lowest BCUT2D eigenvalue weighted by Crippen LogP contribution is -2.33. The molecule has 0 radical (unpaired) electrons. The minimum Gasteiger partial charge on any atom is -0.481 e. The van der Waals surface area contributed by atoms with Gasteiger partial charge in [0.15, 0.2) is 17.2 Å². The summed E-state index contributed by atoms with van der Waals surface area (Å²) in [5.41, 5.74) is -1.75. The van der Waals surface area contributed by atoms with Gasteiger partial charge in [0.05, 0.1) is 22.2 Å². The zero-order valence-corrected chi connectivity index (χ0v) is 18.4. The van der Waals surface area contributed by atoms with Crippen LogP contribution in [0.1, 0.15) is 19.4 Å². The van der Waals surface area contributed by atoms with Gasteiger partial charge in [-0.15, -0.1) is 0 Å². The number of aliphatic hydroxyl groups excluding tert-OH is 1. The maximum atomic E-state index is 14.6. The van der Waals surface area contributed by atoms with Gasteiger partial charge >= 0.3 is 6.18 Å². The monoisotopic (exact) mass is 504 g/mol. The first-order valence-corrected chi connectivity index (χ1v) is 10.0. The number of aliphatic hydroxyl groups is 1. The average molecular weight is 505 g/mol. The summed E-state index contributed by atoms with van der Waals surface area (Å²) in [5.74, 6) is -1.24. The van der Waals surface area contributed by atoms with E-state index in [2.05, 4.69) is 15.1 Å². The molecule has 0 aliphatic heterocycles. The third-order valence-electron chi connectivity index (χ3n) is 4.49. The SMILES string of the molecule is CC(C)(CO)Oc1c(F)cc(-c2noc(-c3cn4cc(C(F)(F)F)cc(Cl)c4n3)n2)cc1Cl. The average Bonchev–Trinajstić information content (AvgIpc) is 3.37. The molecule has 0 saturated carbocycles. The van der Waals surface area contributed by atoms with Crippen molar-refractivity contribution in [2.75, 3.05) is 6.61 Å². The molecule has 3 aromatic heterocycles. The van der Waals surface area contributed by atoms with Crippen LogP contribution in [0.15, 0.2) is 35.1 Å². The van der Waals surface area contributed by atoms with E-state index in [1.807, 2.05) is 0 Å². The van der Waals surface area contributed by atoms with Gasteiger partial charge in [0.2, 0.25) is 5.82 Å². The first-order chi connectivity index (χ1) is 15.4. The number of alkyl halides is 3. The van der Waals surface area contributed by atoms with E-state index in [1.165, 1.54) is 12.3 Å². The van der Waals surface area contributed by atoms with Gasteiger partial charge in [-0.05, 0) is 32.0 Å². The number of nitrogens with zero attached hydrogens (tertiary/aromatic N) is 4. The molecule has 0 unspecified atom stereocenters. The van der Waals surface area contributed by atoms with E-state index in [-0.39, 0.29) is 51.0 Å². The van der Waals surface area contributed by atoms with Crippen LogP contribution in [-0.4, -0.2) is 36.8 Å². The molecular weight excluding hydrogens is 491 g/mol. The summed E-state index contributed by atoms with van der Waals surface area (Å²) in [6.07, 6.45) is -2.52. The summed E-state index contributed by atoms with van der Waals surface area (Å²) in [5, 5.41) is 12.8. The minimum atomic E-state index is -4.59. The molecule has 0 fully saturated rings. The van der Waals surface area contributed by atoms with Crippen molar-refractivity contribution in [1.29, 1.82) is 0 Å². The molecular formula is C20H14Cl2F4N4O3. The second-order valence-electron chi connectivity index (χ2n) is 7.64. The Labute approximate surface area is 193 Å². The Bertz CT molecular complexity index is 1330. The third kappa shape index (κ3) is 4.61. The number of hydrogen-bond acceptors (Lipinski definition) is 6. The number of imidazole rings is 1. The molecule has 0 spiro atoms. The number of rotatable bonds is 5. The Morgan fingerprint density at radius 2 is 1.82 bits per heavy atom. The fourth-order valence-corrected chi connectivity index (χ4v) is 3.36. The Kier molecular flexibility index (Phi) is 5.75. The fraction of sp³-hybridized carbons (Fsp3) is 0.250. The van der Waals surface area contributed by atoms with E-state index in [0.717, 1.165) is 22.7 Å². The quantitative estimate of drug-likeness (QED) is 0.352. The van der Waals surface area contributed by atoms with Crippen LogP contribution in [-0.2, 0) is 6.18 Å². The number of benzene rings is 1. The summed E-state index contributed by atoms with van der Waals surface area (Å²) < 4.78 is 65.4. The van der Waals surface area contributed by atoms with Crippen molar-refractivity contribution in [1.82, 2.24) is 19.5 Å². The summed E-state index contributed by atoms with van der Waals surface area (Å²) >= 11 is 12.1. The predicted octanol–water partition coefficient (Wildman–Crippen LogP) is 5.67. The molecule has 0 aliphatic carbocycles. The van der Waals surface area contributed by atoms with E-state index in [0.29, 0.717) is 0 Å².